The van der Waals surface area contributed by atoms with Gasteiger partial charge in [0, 0.05) is 24.7 Å². The molecule has 19 heavy (non-hydrogen) atoms. The van der Waals surface area contributed by atoms with Crippen LogP contribution in [-0.2, 0) is 9.59 Å². The molecule has 102 valence electrons. The number of benzene rings is 1. The molecule has 1 aromatic carbocycles. The van der Waals surface area contributed by atoms with Crippen molar-refractivity contribution in [2.75, 3.05) is 24.4 Å². The number of alkyl halides is 1. The normalized spacial score (nSPS) is 18.5. The van der Waals surface area contributed by atoms with E-state index in [4.69, 9.17) is 16.3 Å². The van der Waals surface area contributed by atoms with E-state index < -0.39 is 0 Å². The molecule has 0 saturated carbocycles. The van der Waals surface area contributed by atoms with Crippen molar-refractivity contribution in [1.29, 1.82) is 0 Å². The Hall–Kier alpha value is -1.75. The molecule has 1 saturated heterocycles. The van der Waals surface area contributed by atoms with Crippen LogP contribution in [0.1, 0.15) is 6.42 Å². The second-order valence-electron chi connectivity index (χ2n) is 4.31. The zero-order valence-corrected chi connectivity index (χ0v) is 11.3. The predicted octanol–water partition coefficient (Wildman–Crippen LogP) is 1.16. The van der Waals surface area contributed by atoms with Gasteiger partial charge in [-0.05, 0) is 12.1 Å². The Morgan fingerprint density at radius 1 is 1.58 bits per heavy atom. The van der Waals surface area contributed by atoms with Crippen LogP contribution in [-0.4, -0.2) is 37.4 Å². The van der Waals surface area contributed by atoms with Crippen molar-refractivity contribution >= 4 is 29.1 Å². The number of rotatable bonds is 4. The first-order valence-electron chi connectivity index (χ1n) is 5.93. The highest BCUT2D eigenvalue weighted by molar-refractivity contribution is 6.27. The molecule has 1 aromatic rings. The van der Waals surface area contributed by atoms with Crippen molar-refractivity contribution < 1.29 is 14.3 Å². The molecule has 0 bridgehead atoms. The molecular formula is C13H15ClN2O3. The molecule has 1 N–H and O–H groups in total. The number of hydrogen-bond acceptors (Lipinski definition) is 3. The highest BCUT2D eigenvalue weighted by Gasteiger charge is 2.31. The van der Waals surface area contributed by atoms with Crippen molar-refractivity contribution in [3.05, 3.63) is 24.3 Å². The van der Waals surface area contributed by atoms with Crippen molar-refractivity contribution in [1.82, 2.24) is 5.32 Å². The smallest absolute Gasteiger partial charge is 0.235 e. The van der Waals surface area contributed by atoms with E-state index in [0.717, 1.165) is 5.69 Å². The average Bonchev–Trinajstić information content (AvgIpc) is 2.79. The van der Waals surface area contributed by atoms with Crippen molar-refractivity contribution in [3.63, 3.8) is 0 Å². The summed E-state index contributed by atoms with van der Waals surface area (Å²) in [5, 5.41) is 2.72. The number of ether oxygens (including phenoxy) is 1. The van der Waals surface area contributed by atoms with E-state index >= 15 is 0 Å². The van der Waals surface area contributed by atoms with E-state index in [1.807, 2.05) is 18.2 Å². The Morgan fingerprint density at radius 2 is 2.37 bits per heavy atom. The number of methoxy groups -OCH3 is 1. The quantitative estimate of drug-likeness (QED) is 0.843. The van der Waals surface area contributed by atoms with E-state index in [-0.39, 0.29) is 23.7 Å². The minimum atomic E-state index is -0.257. The minimum Gasteiger partial charge on any atom is -0.497 e. The number of carbonyl (C=O) groups excluding carboxylic acids is 2. The Bertz CT molecular complexity index is 493. The Balaban J connectivity index is 2.08. The topological polar surface area (TPSA) is 58.6 Å². The molecule has 0 aliphatic carbocycles. The SMILES string of the molecule is COc1cccc(N2CC(NC(=O)CCl)CC2=O)c1. The first-order valence-corrected chi connectivity index (χ1v) is 6.47. The van der Waals surface area contributed by atoms with Gasteiger partial charge in [0.2, 0.25) is 11.8 Å². The number of halogens is 1. The van der Waals surface area contributed by atoms with E-state index in [2.05, 4.69) is 5.32 Å². The molecule has 0 spiro atoms. The minimum absolute atomic E-state index is 0.0203. The van der Waals surface area contributed by atoms with Gasteiger partial charge in [0.25, 0.3) is 0 Å². The summed E-state index contributed by atoms with van der Waals surface area (Å²) in [6, 6.07) is 7.09. The zero-order valence-electron chi connectivity index (χ0n) is 10.6. The Kier molecular flexibility index (Phi) is 4.27. The van der Waals surface area contributed by atoms with Gasteiger partial charge >= 0.3 is 0 Å². The summed E-state index contributed by atoms with van der Waals surface area (Å²) in [6.45, 7) is 0.453. The van der Waals surface area contributed by atoms with Crippen molar-refractivity contribution in [2.45, 2.75) is 12.5 Å². The van der Waals surface area contributed by atoms with Crippen LogP contribution < -0.4 is 15.0 Å². The van der Waals surface area contributed by atoms with Crippen LogP contribution in [0.25, 0.3) is 0 Å². The van der Waals surface area contributed by atoms with Crippen molar-refractivity contribution in [3.8, 4) is 5.75 Å². The monoisotopic (exact) mass is 282 g/mol. The van der Waals surface area contributed by atoms with Crippen LogP contribution >= 0.6 is 11.6 Å². The van der Waals surface area contributed by atoms with Crippen molar-refractivity contribution in [2.24, 2.45) is 0 Å². The Morgan fingerprint density at radius 3 is 3.05 bits per heavy atom. The first kappa shape index (κ1) is 13.7. The van der Waals surface area contributed by atoms with Gasteiger partial charge in [-0.3, -0.25) is 9.59 Å². The van der Waals surface area contributed by atoms with Crippen LogP contribution in [0.4, 0.5) is 5.69 Å². The third-order valence-corrected chi connectivity index (χ3v) is 3.22. The number of amides is 2. The van der Waals surface area contributed by atoms with Crippen LogP contribution in [0.15, 0.2) is 24.3 Å². The lowest BCUT2D eigenvalue weighted by Gasteiger charge is -2.17. The summed E-state index contributed by atoms with van der Waals surface area (Å²) < 4.78 is 5.13. The molecule has 6 heteroatoms. The third kappa shape index (κ3) is 3.17. The third-order valence-electron chi connectivity index (χ3n) is 2.98. The molecule has 5 nitrogen and oxygen atoms in total. The van der Waals surface area contributed by atoms with Crippen LogP contribution in [0.3, 0.4) is 0 Å². The number of nitrogens with one attached hydrogen (secondary N) is 1. The molecule has 1 atom stereocenters. The van der Waals surface area contributed by atoms with Gasteiger partial charge in [0.1, 0.15) is 11.6 Å². The molecule has 1 aliphatic heterocycles. The lowest BCUT2D eigenvalue weighted by atomic mass is 10.2. The highest BCUT2D eigenvalue weighted by Crippen LogP contribution is 2.25. The summed E-state index contributed by atoms with van der Waals surface area (Å²) in [7, 11) is 1.58. The van der Waals surface area contributed by atoms with Crippen LogP contribution in [0.2, 0.25) is 0 Å². The lowest BCUT2D eigenvalue weighted by Crippen LogP contribution is -2.37. The average molecular weight is 283 g/mol. The van der Waals surface area contributed by atoms with Gasteiger partial charge < -0.3 is 15.0 Å². The van der Waals surface area contributed by atoms with Gasteiger partial charge in [0.15, 0.2) is 0 Å². The molecule has 2 rings (SSSR count). The van der Waals surface area contributed by atoms with Crippen LogP contribution in [0.5, 0.6) is 5.75 Å². The maximum absolute atomic E-state index is 12.0. The summed E-state index contributed by atoms with van der Waals surface area (Å²) in [5.74, 6) is 0.322. The maximum atomic E-state index is 12.0. The maximum Gasteiger partial charge on any atom is 0.235 e. The fraction of sp³-hybridized carbons (Fsp3) is 0.385. The Labute approximate surface area is 116 Å². The molecule has 1 heterocycles. The molecule has 1 fully saturated rings. The summed E-state index contributed by atoms with van der Waals surface area (Å²) in [5.41, 5.74) is 0.770. The zero-order chi connectivity index (χ0) is 13.8. The molecule has 1 unspecified atom stereocenters. The van der Waals surface area contributed by atoms with Crippen LogP contribution in [0, 0.1) is 0 Å². The molecule has 0 aromatic heterocycles. The predicted molar refractivity (Wildman–Crippen MR) is 72.6 cm³/mol. The van der Waals surface area contributed by atoms with E-state index in [1.165, 1.54) is 0 Å². The van der Waals surface area contributed by atoms with E-state index in [9.17, 15) is 9.59 Å². The first-order chi connectivity index (χ1) is 9.13. The molecule has 0 radical (unpaired) electrons. The van der Waals surface area contributed by atoms with Gasteiger partial charge in [-0.25, -0.2) is 0 Å². The molecule has 1 aliphatic rings. The highest BCUT2D eigenvalue weighted by atomic mass is 35.5. The lowest BCUT2D eigenvalue weighted by molar-refractivity contribution is -0.119. The number of nitrogens with zero attached hydrogens (tertiary/aromatic N) is 1. The molecule has 2 amide bonds. The standard InChI is InChI=1S/C13H15ClN2O3/c1-19-11-4-2-3-10(6-11)16-8-9(5-13(16)18)15-12(17)7-14/h2-4,6,9H,5,7-8H2,1H3,(H,15,17). The van der Waals surface area contributed by atoms with Gasteiger partial charge in [0.05, 0.1) is 13.2 Å². The van der Waals surface area contributed by atoms with E-state index in [0.29, 0.717) is 18.7 Å². The fourth-order valence-electron chi connectivity index (χ4n) is 2.10. The second-order valence-corrected chi connectivity index (χ2v) is 4.58. The summed E-state index contributed by atoms with van der Waals surface area (Å²) in [4.78, 5) is 24.8. The summed E-state index contributed by atoms with van der Waals surface area (Å²) >= 11 is 5.43. The fourth-order valence-corrected chi connectivity index (χ4v) is 2.18. The van der Waals surface area contributed by atoms with Gasteiger partial charge in [-0.1, -0.05) is 6.07 Å². The van der Waals surface area contributed by atoms with E-state index in [1.54, 1.807) is 18.1 Å². The second kappa shape index (κ2) is 5.93. The number of carbonyl (C=O) groups is 2. The van der Waals surface area contributed by atoms with Gasteiger partial charge in [-0.2, -0.15) is 0 Å². The molecular weight excluding hydrogens is 268 g/mol. The number of hydrogen-bond donors (Lipinski definition) is 1. The summed E-state index contributed by atoms with van der Waals surface area (Å²) in [6.07, 6.45) is 0.292. The largest absolute Gasteiger partial charge is 0.497 e. The number of anilines is 1. The van der Waals surface area contributed by atoms with Gasteiger partial charge in [-0.15, -0.1) is 11.6 Å².